The van der Waals surface area contributed by atoms with E-state index in [4.69, 9.17) is 4.74 Å². The predicted octanol–water partition coefficient (Wildman–Crippen LogP) is 2.80. The van der Waals surface area contributed by atoms with E-state index < -0.39 is 0 Å². The normalized spacial score (nSPS) is 14.7. The molecule has 0 saturated heterocycles. The molecule has 0 atom stereocenters. The molecule has 0 radical (unpaired) electrons. The van der Waals surface area contributed by atoms with Crippen molar-refractivity contribution in [3.63, 3.8) is 0 Å². The summed E-state index contributed by atoms with van der Waals surface area (Å²) in [5, 5.41) is 0. The predicted molar refractivity (Wildman–Crippen MR) is 57.8 cm³/mol. The first-order chi connectivity index (χ1) is 7.31. The van der Waals surface area contributed by atoms with Gasteiger partial charge >= 0.3 is 6.09 Å². The lowest BCUT2D eigenvalue weighted by molar-refractivity contribution is 0.137. The summed E-state index contributed by atoms with van der Waals surface area (Å²) in [5.41, 5.74) is 1.09. The molecule has 0 saturated carbocycles. The second-order valence-electron chi connectivity index (χ2n) is 3.75. The molecule has 0 spiro atoms. The summed E-state index contributed by atoms with van der Waals surface area (Å²) >= 11 is 0. The Bertz CT molecular complexity index is 362. The minimum atomic E-state index is -0.220. The number of carbonyl (C=O) groups is 1. The van der Waals surface area contributed by atoms with Gasteiger partial charge in [-0.3, -0.25) is 0 Å². The highest BCUT2D eigenvalue weighted by atomic mass is 16.6. The second-order valence-corrected chi connectivity index (χ2v) is 3.75. The monoisotopic (exact) mass is 205 g/mol. The zero-order valence-corrected chi connectivity index (χ0v) is 8.90. The maximum atomic E-state index is 11.6. The lowest BCUT2D eigenvalue weighted by atomic mass is 10.1. The van der Waals surface area contributed by atoms with E-state index in [1.165, 1.54) is 0 Å². The molecule has 0 fully saturated rings. The summed E-state index contributed by atoms with van der Waals surface area (Å²) in [7, 11) is 0. The van der Waals surface area contributed by atoms with Crippen LogP contribution in [-0.2, 0) is 6.54 Å². The zero-order valence-electron chi connectivity index (χ0n) is 8.90. The highest BCUT2D eigenvalue weighted by molar-refractivity contribution is 5.73. The number of amides is 1. The van der Waals surface area contributed by atoms with E-state index in [1.807, 2.05) is 24.3 Å². The standard InChI is InChI=1S/C12H15NO2/c1-2-3-8-13-9-10-6-4-5-7-11(10)15-12(13)14/h4-7H,2-3,8-9H2,1H3. The molecule has 1 aliphatic heterocycles. The van der Waals surface area contributed by atoms with Crippen molar-refractivity contribution in [3.05, 3.63) is 29.8 Å². The van der Waals surface area contributed by atoms with Gasteiger partial charge in [-0.25, -0.2) is 4.79 Å². The smallest absolute Gasteiger partial charge is 0.410 e. The number of fused-ring (bicyclic) bond motifs is 1. The molecule has 1 amide bonds. The molecule has 1 aliphatic rings. The molecule has 0 aromatic heterocycles. The van der Waals surface area contributed by atoms with Gasteiger partial charge in [-0.2, -0.15) is 0 Å². The molecule has 1 aromatic rings. The van der Waals surface area contributed by atoms with Gasteiger partial charge in [0.25, 0.3) is 0 Å². The van der Waals surface area contributed by atoms with Crippen molar-refractivity contribution in [3.8, 4) is 5.75 Å². The molecule has 3 nitrogen and oxygen atoms in total. The van der Waals surface area contributed by atoms with Gasteiger partial charge in [0.1, 0.15) is 5.75 Å². The Kier molecular flexibility index (Phi) is 2.90. The van der Waals surface area contributed by atoms with Gasteiger partial charge in [0.2, 0.25) is 0 Å². The van der Waals surface area contributed by atoms with Crippen LogP contribution in [0.3, 0.4) is 0 Å². The molecule has 0 bridgehead atoms. The molecular formula is C12H15NO2. The topological polar surface area (TPSA) is 29.5 Å². The third-order valence-corrected chi connectivity index (χ3v) is 2.57. The molecule has 15 heavy (non-hydrogen) atoms. The Morgan fingerprint density at radius 2 is 2.20 bits per heavy atom. The van der Waals surface area contributed by atoms with Gasteiger partial charge in [0.05, 0.1) is 6.54 Å². The molecule has 3 heteroatoms. The summed E-state index contributed by atoms with van der Waals surface area (Å²) in [6.07, 6.45) is 1.89. The molecule has 0 N–H and O–H groups in total. The van der Waals surface area contributed by atoms with E-state index in [0.29, 0.717) is 12.3 Å². The molecule has 0 aliphatic carbocycles. The quantitative estimate of drug-likeness (QED) is 0.759. The SMILES string of the molecule is CCCCN1Cc2ccccc2OC1=O. The summed E-state index contributed by atoms with van der Waals surface area (Å²) in [4.78, 5) is 13.3. The van der Waals surface area contributed by atoms with E-state index in [2.05, 4.69) is 6.92 Å². The van der Waals surface area contributed by atoms with Crippen molar-refractivity contribution in [2.24, 2.45) is 0 Å². The number of nitrogens with zero attached hydrogens (tertiary/aromatic N) is 1. The molecular weight excluding hydrogens is 190 g/mol. The fourth-order valence-corrected chi connectivity index (χ4v) is 1.68. The van der Waals surface area contributed by atoms with Crippen LogP contribution in [0.15, 0.2) is 24.3 Å². The number of hydrogen-bond donors (Lipinski definition) is 0. The highest BCUT2D eigenvalue weighted by Crippen LogP contribution is 2.25. The third-order valence-electron chi connectivity index (χ3n) is 2.57. The average Bonchev–Trinajstić information content (AvgIpc) is 2.26. The number of benzene rings is 1. The van der Waals surface area contributed by atoms with Crippen LogP contribution in [0.2, 0.25) is 0 Å². The van der Waals surface area contributed by atoms with Crippen LogP contribution < -0.4 is 4.74 Å². The lowest BCUT2D eigenvalue weighted by Crippen LogP contribution is -2.37. The maximum Gasteiger partial charge on any atom is 0.415 e. The summed E-state index contributed by atoms with van der Waals surface area (Å²) in [5.74, 6) is 0.704. The first-order valence-corrected chi connectivity index (χ1v) is 5.36. The fraction of sp³-hybridized carbons (Fsp3) is 0.417. The van der Waals surface area contributed by atoms with E-state index in [1.54, 1.807) is 4.90 Å². The van der Waals surface area contributed by atoms with Crippen LogP contribution in [0, 0.1) is 0 Å². The molecule has 1 heterocycles. The number of unbranched alkanes of at least 4 members (excludes halogenated alkanes) is 1. The Labute approximate surface area is 89.7 Å². The number of rotatable bonds is 3. The Hall–Kier alpha value is -1.51. The van der Waals surface area contributed by atoms with E-state index in [9.17, 15) is 4.79 Å². The third kappa shape index (κ3) is 2.12. The van der Waals surface area contributed by atoms with Crippen molar-refractivity contribution >= 4 is 6.09 Å². The van der Waals surface area contributed by atoms with Gasteiger partial charge in [-0.1, -0.05) is 31.5 Å². The van der Waals surface area contributed by atoms with Crippen LogP contribution in [0.4, 0.5) is 4.79 Å². The van der Waals surface area contributed by atoms with Crippen molar-refractivity contribution in [1.29, 1.82) is 0 Å². The molecule has 1 aromatic carbocycles. The van der Waals surface area contributed by atoms with Gasteiger partial charge < -0.3 is 9.64 Å². The first kappa shape index (κ1) is 10.0. The molecule has 2 rings (SSSR count). The largest absolute Gasteiger partial charge is 0.415 e. The van der Waals surface area contributed by atoms with Gasteiger partial charge in [0.15, 0.2) is 0 Å². The minimum absolute atomic E-state index is 0.220. The Balaban J connectivity index is 2.11. The average molecular weight is 205 g/mol. The lowest BCUT2D eigenvalue weighted by Gasteiger charge is -2.27. The highest BCUT2D eigenvalue weighted by Gasteiger charge is 2.23. The summed E-state index contributed by atoms with van der Waals surface area (Å²) in [6.45, 7) is 3.57. The van der Waals surface area contributed by atoms with Crippen LogP contribution in [-0.4, -0.2) is 17.5 Å². The second kappa shape index (κ2) is 4.34. The fourth-order valence-electron chi connectivity index (χ4n) is 1.68. The molecule has 0 unspecified atom stereocenters. The van der Waals surface area contributed by atoms with Crippen molar-refractivity contribution in [1.82, 2.24) is 4.90 Å². The van der Waals surface area contributed by atoms with Crippen LogP contribution in [0.1, 0.15) is 25.3 Å². The number of ether oxygens (including phenoxy) is 1. The van der Waals surface area contributed by atoms with Gasteiger partial charge in [0, 0.05) is 12.1 Å². The van der Waals surface area contributed by atoms with E-state index in [0.717, 1.165) is 24.9 Å². The summed E-state index contributed by atoms with van der Waals surface area (Å²) < 4.78 is 5.23. The number of para-hydroxylation sites is 1. The maximum absolute atomic E-state index is 11.6. The van der Waals surface area contributed by atoms with E-state index >= 15 is 0 Å². The zero-order chi connectivity index (χ0) is 10.7. The van der Waals surface area contributed by atoms with Gasteiger partial charge in [-0.15, -0.1) is 0 Å². The molecule has 80 valence electrons. The van der Waals surface area contributed by atoms with Gasteiger partial charge in [-0.05, 0) is 12.5 Å². The van der Waals surface area contributed by atoms with Crippen molar-refractivity contribution in [2.75, 3.05) is 6.54 Å². The Morgan fingerprint density at radius 3 is 3.00 bits per heavy atom. The van der Waals surface area contributed by atoms with Crippen molar-refractivity contribution in [2.45, 2.75) is 26.3 Å². The minimum Gasteiger partial charge on any atom is -0.410 e. The van der Waals surface area contributed by atoms with Crippen LogP contribution in [0.25, 0.3) is 0 Å². The Morgan fingerprint density at radius 1 is 1.40 bits per heavy atom. The van der Waals surface area contributed by atoms with Crippen LogP contribution in [0.5, 0.6) is 5.75 Å². The van der Waals surface area contributed by atoms with E-state index in [-0.39, 0.29) is 6.09 Å². The first-order valence-electron chi connectivity index (χ1n) is 5.36. The summed E-state index contributed by atoms with van der Waals surface area (Å²) in [6, 6.07) is 7.69. The van der Waals surface area contributed by atoms with Crippen LogP contribution >= 0.6 is 0 Å². The number of hydrogen-bond acceptors (Lipinski definition) is 2. The number of carbonyl (C=O) groups excluding carboxylic acids is 1. The van der Waals surface area contributed by atoms with Crippen molar-refractivity contribution < 1.29 is 9.53 Å².